The zero-order valence-electron chi connectivity index (χ0n) is 13.0. The van der Waals surface area contributed by atoms with E-state index in [4.69, 9.17) is 5.11 Å². The largest absolute Gasteiger partial charge is 0.384 e. The van der Waals surface area contributed by atoms with Crippen molar-refractivity contribution in [3.63, 3.8) is 0 Å². The summed E-state index contributed by atoms with van der Waals surface area (Å²) in [6.07, 6.45) is 2.25. The van der Waals surface area contributed by atoms with Crippen molar-refractivity contribution in [3.05, 3.63) is 34.9 Å². The van der Waals surface area contributed by atoms with Crippen molar-refractivity contribution < 1.29 is 9.90 Å². The van der Waals surface area contributed by atoms with Gasteiger partial charge in [0.05, 0.1) is 0 Å². The molecule has 1 N–H and O–H groups in total. The average Bonchev–Trinajstić information content (AvgIpc) is 3.27. The van der Waals surface area contributed by atoms with Gasteiger partial charge < -0.3 is 10.0 Å². The predicted octanol–water partition coefficient (Wildman–Crippen LogP) is 2.60. The zero-order valence-corrected chi connectivity index (χ0v) is 13.0. The molecule has 0 saturated heterocycles. The van der Waals surface area contributed by atoms with E-state index in [1.165, 1.54) is 0 Å². The monoisotopic (exact) mass is 285 g/mol. The Morgan fingerprint density at radius 2 is 2.14 bits per heavy atom. The van der Waals surface area contributed by atoms with Crippen molar-refractivity contribution >= 4 is 5.91 Å². The summed E-state index contributed by atoms with van der Waals surface area (Å²) in [6, 6.07) is 6.03. The lowest BCUT2D eigenvalue weighted by Crippen LogP contribution is -2.36. The van der Waals surface area contributed by atoms with Crippen molar-refractivity contribution in [3.8, 4) is 11.8 Å². The van der Waals surface area contributed by atoms with Crippen molar-refractivity contribution in [2.24, 2.45) is 5.92 Å². The lowest BCUT2D eigenvalue weighted by Gasteiger charge is -2.24. The Kier molecular flexibility index (Phi) is 5.03. The first-order valence-corrected chi connectivity index (χ1v) is 7.54. The van der Waals surface area contributed by atoms with E-state index in [1.807, 2.05) is 30.0 Å². The number of rotatable bonds is 4. The van der Waals surface area contributed by atoms with E-state index < -0.39 is 0 Å². The molecule has 1 aliphatic rings. The van der Waals surface area contributed by atoms with Crippen LogP contribution in [-0.4, -0.2) is 35.1 Å². The molecule has 0 unspecified atom stereocenters. The third kappa shape index (κ3) is 4.09. The van der Waals surface area contributed by atoms with Crippen LogP contribution in [0, 0.1) is 24.7 Å². The number of carbonyl (C=O) groups excluding carboxylic acids is 1. The molecular formula is C18H23NO2. The summed E-state index contributed by atoms with van der Waals surface area (Å²) >= 11 is 0. The molecule has 0 spiro atoms. The first-order chi connectivity index (χ1) is 10.0. The van der Waals surface area contributed by atoms with Gasteiger partial charge in [0.1, 0.15) is 6.61 Å². The van der Waals surface area contributed by atoms with Crippen molar-refractivity contribution in [2.75, 3.05) is 13.2 Å². The summed E-state index contributed by atoms with van der Waals surface area (Å²) in [5.41, 5.74) is 2.57. The fourth-order valence-electron chi connectivity index (χ4n) is 2.41. The summed E-state index contributed by atoms with van der Waals surface area (Å²) in [4.78, 5) is 14.7. The van der Waals surface area contributed by atoms with Gasteiger partial charge in [0.2, 0.25) is 0 Å². The lowest BCUT2D eigenvalue weighted by molar-refractivity contribution is 0.0722. The molecule has 1 aliphatic carbocycles. The van der Waals surface area contributed by atoms with Crippen molar-refractivity contribution in [1.29, 1.82) is 0 Å². The number of hydrogen-bond donors (Lipinski definition) is 1. The third-order valence-electron chi connectivity index (χ3n) is 3.59. The molecule has 0 bridgehead atoms. The standard InChI is InChI=1S/C18H23NO2/c1-13(2)12-19(17-8-9-17)18(21)16-7-6-15(5-4-10-20)14(3)11-16/h6-7,11,13,17,20H,8-10,12H2,1-3H3. The highest BCUT2D eigenvalue weighted by molar-refractivity contribution is 5.95. The molecule has 21 heavy (non-hydrogen) atoms. The normalized spacial score (nSPS) is 13.8. The highest BCUT2D eigenvalue weighted by Crippen LogP contribution is 2.29. The number of amides is 1. The lowest BCUT2D eigenvalue weighted by atomic mass is 10.0. The van der Waals surface area contributed by atoms with E-state index in [1.54, 1.807) is 0 Å². The molecular weight excluding hydrogens is 262 g/mol. The molecule has 1 fully saturated rings. The molecule has 2 rings (SSSR count). The zero-order chi connectivity index (χ0) is 15.4. The molecule has 0 radical (unpaired) electrons. The second kappa shape index (κ2) is 6.78. The Morgan fingerprint density at radius 1 is 1.43 bits per heavy atom. The minimum atomic E-state index is -0.149. The molecule has 0 atom stereocenters. The van der Waals surface area contributed by atoms with Gasteiger partial charge in [-0.3, -0.25) is 4.79 Å². The predicted molar refractivity (Wildman–Crippen MR) is 84.0 cm³/mol. The fraction of sp³-hybridized carbons (Fsp3) is 0.500. The summed E-state index contributed by atoms with van der Waals surface area (Å²) in [6.45, 7) is 6.89. The molecule has 1 saturated carbocycles. The minimum Gasteiger partial charge on any atom is -0.384 e. The number of aliphatic hydroxyl groups is 1. The SMILES string of the molecule is Cc1cc(C(=O)N(CC(C)C)C2CC2)ccc1C#CCO. The maximum Gasteiger partial charge on any atom is 0.254 e. The van der Waals surface area contributed by atoms with Gasteiger partial charge in [-0.05, 0) is 49.4 Å². The summed E-state index contributed by atoms with van der Waals surface area (Å²) in [7, 11) is 0. The van der Waals surface area contributed by atoms with Gasteiger partial charge in [-0.25, -0.2) is 0 Å². The number of nitrogens with zero attached hydrogens (tertiary/aromatic N) is 1. The van der Waals surface area contributed by atoms with Crippen LogP contribution in [0.2, 0.25) is 0 Å². The molecule has 3 heteroatoms. The van der Waals surface area contributed by atoms with E-state index in [-0.39, 0.29) is 12.5 Å². The van der Waals surface area contributed by atoms with Crippen LogP contribution in [0.1, 0.15) is 48.2 Å². The summed E-state index contributed by atoms with van der Waals surface area (Å²) in [5, 5.41) is 8.75. The number of carbonyl (C=O) groups is 1. The number of aliphatic hydroxyl groups excluding tert-OH is 1. The topological polar surface area (TPSA) is 40.5 Å². The second-order valence-electron chi connectivity index (χ2n) is 6.07. The van der Waals surface area contributed by atoms with Crippen LogP contribution >= 0.6 is 0 Å². The van der Waals surface area contributed by atoms with Gasteiger partial charge in [0, 0.05) is 23.7 Å². The van der Waals surface area contributed by atoms with E-state index in [2.05, 4.69) is 25.7 Å². The quantitative estimate of drug-likeness (QED) is 0.864. The summed E-state index contributed by atoms with van der Waals surface area (Å²) < 4.78 is 0. The van der Waals surface area contributed by atoms with Crippen molar-refractivity contribution in [1.82, 2.24) is 4.90 Å². The van der Waals surface area contributed by atoms with Gasteiger partial charge in [-0.1, -0.05) is 25.7 Å². The molecule has 1 aromatic rings. The highest BCUT2D eigenvalue weighted by Gasteiger charge is 2.33. The maximum atomic E-state index is 12.7. The summed E-state index contributed by atoms with van der Waals surface area (Å²) in [5.74, 6) is 6.14. The molecule has 3 nitrogen and oxygen atoms in total. The second-order valence-corrected chi connectivity index (χ2v) is 6.07. The Balaban J connectivity index is 2.20. The fourth-order valence-corrected chi connectivity index (χ4v) is 2.41. The first kappa shape index (κ1) is 15.6. The average molecular weight is 285 g/mol. The number of benzene rings is 1. The smallest absolute Gasteiger partial charge is 0.254 e. The molecule has 0 heterocycles. The molecule has 1 amide bonds. The molecule has 112 valence electrons. The van der Waals surface area contributed by atoms with Gasteiger partial charge >= 0.3 is 0 Å². The Hall–Kier alpha value is -1.79. The van der Waals surface area contributed by atoms with E-state index in [9.17, 15) is 4.79 Å². The van der Waals surface area contributed by atoms with Gasteiger partial charge in [-0.2, -0.15) is 0 Å². The molecule has 1 aromatic carbocycles. The van der Waals surface area contributed by atoms with Crippen LogP contribution in [0.5, 0.6) is 0 Å². The van der Waals surface area contributed by atoms with Crippen LogP contribution in [0.25, 0.3) is 0 Å². The van der Waals surface area contributed by atoms with Crippen LogP contribution in [0.3, 0.4) is 0 Å². The third-order valence-corrected chi connectivity index (χ3v) is 3.59. The van der Waals surface area contributed by atoms with E-state index >= 15 is 0 Å². The van der Waals surface area contributed by atoms with Gasteiger partial charge in [0.15, 0.2) is 0 Å². The first-order valence-electron chi connectivity index (χ1n) is 7.54. The highest BCUT2D eigenvalue weighted by atomic mass is 16.2. The van der Waals surface area contributed by atoms with E-state index in [0.29, 0.717) is 12.0 Å². The van der Waals surface area contributed by atoms with Crippen molar-refractivity contribution in [2.45, 2.75) is 39.7 Å². The number of aryl methyl sites for hydroxylation is 1. The Bertz CT molecular complexity index is 577. The molecule has 0 aliphatic heterocycles. The van der Waals surface area contributed by atoms with E-state index in [0.717, 1.165) is 36.1 Å². The molecule has 0 aromatic heterocycles. The minimum absolute atomic E-state index is 0.121. The van der Waals surface area contributed by atoms with Gasteiger partial charge in [-0.15, -0.1) is 0 Å². The van der Waals surface area contributed by atoms with Crippen LogP contribution in [-0.2, 0) is 0 Å². The van der Waals surface area contributed by atoms with Crippen LogP contribution < -0.4 is 0 Å². The Labute approximate surface area is 127 Å². The Morgan fingerprint density at radius 3 is 2.67 bits per heavy atom. The van der Waals surface area contributed by atoms with Crippen LogP contribution in [0.15, 0.2) is 18.2 Å². The maximum absolute atomic E-state index is 12.7. The number of hydrogen-bond acceptors (Lipinski definition) is 2. The van der Waals surface area contributed by atoms with Crippen LogP contribution in [0.4, 0.5) is 0 Å². The van der Waals surface area contributed by atoms with Gasteiger partial charge in [0.25, 0.3) is 5.91 Å².